The summed E-state index contributed by atoms with van der Waals surface area (Å²) in [4.78, 5) is 11.8. The van der Waals surface area contributed by atoms with Gasteiger partial charge in [-0.05, 0) is 37.2 Å². The molecule has 5 rings (SSSR count). The molecule has 3 aromatic rings. The molecule has 1 aliphatic heterocycles. The predicted molar refractivity (Wildman–Crippen MR) is 108 cm³/mol. The van der Waals surface area contributed by atoms with Crippen molar-refractivity contribution >= 4 is 28.6 Å². The Labute approximate surface area is 163 Å². The van der Waals surface area contributed by atoms with Crippen LogP contribution in [0.1, 0.15) is 32.1 Å². The molecule has 7 heteroatoms. The SMILES string of the molecule is N[C@@H]1CCCC12CCN(c1cnc3c(-c4ccccc4Cl)n[nH]c3n1)CC2. The summed E-state index contributed by atoms with van der Waals surface area (Å²) in [5, 5.41) is 8.09. The predicted octanol–water partition coefficient (Wildman–Crippen LogP) is 3.77. The molecule has 3 N–H and O–H groups in total. The second-order valence-corrected chi connectivity index (χ2v) is 8.23. The average molecular weight is 383 g/mol. The zero-order chi connectivity index (χ0) is 18.4. The third kappa shape index (κ3) is 2.78. The van der Waals surface area contributed by atoms with Crippen LogP contribution in [-0.2, 0) is 0 Å². The summed E-state index contributed by atoms with van der Waals surface area (Å²) in [7, 11) is 0. The Morgan fingerprint density at radius 3 is 2.74 bits per heavy atom. The molecule has 3 heterocycles. The van der Waals surface area contributed by atoms with E-state index in [-0.39, 0.29) is 0 Å². The van der Waals surface area contributed by atoms with Crippen molar-refractivity contribution in [1.82, 2.24) is 20.2 Å². The van der Waals surface area contributed by atoms with Gasteiger partial charge in [-0.15, -0.1) is 0 Å². The molecule has 2 fully saturated rings. The van der Waals surface area contributed by atoms with E-state index in [9.17, 15) is 0 Å². The minimum absolute atomic E-state index is 0.346. The highest BCUT2D eigenvalue weighted by Gasteiger charge is 2.43. The van der Waals surface area contributed by atoms with Crippen molar-refractivity contribution in [3.05, 3.63) is 35.5 Å². The number of nitrogens with zero attached hydrogens (tertiary/aromatic N) is 4. The third-order valence-corrected chi connectivity index (χ3v) is 6.78. The van der Waals surface area contributed by atoms with E-state index in [1.165, 1.54) is 19.3 Å². The number of hydrogen-bond acceptors (Lipinski definition) is 5. The summed E-state index contributed by atoms with van der Waals surface area (Å²) >= 11 is 6.32. The minimum Gasteiger partial charge on any atom is -0.355 e. The van der Waals surface area contributed by atoms with Gasteiger partial charge in [-0.3, -0.25) is 5.10 Å². The maximum atomic E-state index is 6.40. The minimum atomic E-state index is 0.346. The van der Waals surface area contributed by atoms with Crippen LogP contribution in [0.15, 0.2) is 30.5 Å². The molecule has 1 aliphatic carbocycles. The van der Waals surface area contributed by atoms with Crippen LogP contribution in [0.2, 0.25) is 5.02 Å². The summed E-state index contributed by atoms with van der Waals surface area (Å²) in [6.07, 6.45) is 7.85. The molecule has 1 saturated carbocycles. The topological polar surface area (TPSA) is 83.7 Å². The van der Waals surface area contributed by atoms with Crippen LogP contribution >= 0.6 is 11.6 Å². The van der Waals surface area contributed by atoms with Gasteiger partial charge in [0, 0.05) is 24.7 Å². The van der Waals surface area contributed by atoms with Gasteiger partial charge in [-0.1, -0.05) is 36.2 Å². The van der Waals surface area contributed by atoms with E-state index in [4.69, 9.17) is 22.3 Å². The fraction of sp³-hybridized carbons (Fsp3) is 0.450. The first-order valence-corrected chi connectivity index (χ1v) is 10.0. The molecule has 2 aromatic heterocycles. The smallest absolute Gasteiger partial charge is 0.177 e. The molecule has 6 nitrogen and oxygen atoms in total. The Morgan fingerprint density at radius 1 is 1.19 bits per heavy atom. The average Bonchev–Trinajstić information content (AvgIpc) is 3.26. The second-order valence-electron chi connectivity index (χ2n) is 7.83. The lowest BCUT2D eigenvalue weighted by molar-refractivity contribution is 0.197. The normalized spacial score (nSPS) is 22.0. The number of fused-ring (bicyclic) bond motifs is 1. The van der Waals surface area contributed by atoms with Crippen LogP contribution in [0.3, 0.4) is 0 Å². The van der Waals surface area contributed by atoms with Crippen LogP contribution in [0.5, 0.6) is 0 Å². The first kappa shape index (κ1) is 17.0. The fourth-order valence-corrected chi connectivity index (χ4v) is 4.98. The quantitative estimate of drug-likeness (QED) is 0.704. The molecular weight excluding hydrogens is 360 g/mol. The Kier molecular flexibility index (Phi) is 4.06. The van der Waals surface area contributed by atoms with Crippen molar-refractivity contribution in [3.8, 4) is 11.3 Å². The van der Waals surface area contributed by atoms with E-state index in [0.29, 0.717) is 22.1 Å². The molecule has 1 saturated heterocycles. The van der Waals surface area contributed by atoms with Gasteiger partial charge in [0.05, 0.1) is 11.2 Å². The van der Waals surface area contributed by atoms with Crippen molar-refractivity contribution in [2.45, 2.75) is 38.1 Å². The van der Waals surface area contributed by atoms with E-state index in [1.807, 2.05) is 30.5 Å². The number of nitrogens with two attached hydrogens (primary N) is 1. The standard InChI is InChI=1S/C20H23ClN6/c21-14-5-2-1-4-13(14)17-18-19(26-25-17)24-16(12-23-18)27-10-8-20(9-11-27)7-3-6-15(20)22/h1-2,4-5,12,15H,3,6-11,22H2,(H,24,25,26)/t15-/m1/s1. The van der Waals surface area contributed by atoms with Crippen molar-refractivity contribution in [1.29, 1.82) is 0 Å². The molecular formula is C20H23ClN6. The van der Waals surface area contributed by atoms with Crippen molar-refractivity contribution < 1.29 is 0 Å². The van der Waals surface area contributed by atoms with Gasteiger partial charge in [-0.25, -0.2) is 9.97 Å². The summed E-state index contributed by atoms with van der Waals surface area (Å²) in [5.41, 5.74) is 9.80. The van der Waals surface area contributed by atoms with E-state index in [0.717, 1.165) is 48.5 Å². The number of hydrogen-bond donors (Lipinski definition) is 2. The van der Waals surface area contributed by atoms with Crippen molar-refractivity contribution in [2.24, 2.45) is 11.1 Å². The lowest BCUT2D eigenvalue weighted by Gasteiger charge is -2.42. The highest BCUT2D eigenvalue weighted by molar-refractivity contribution is 6.33. The van der Waals surface area contributed by atoms with E-state index >= 15 is 0 Å². The van der Waals surface area contributed by atoms with Gasteiger partial charge < -0.3 is 10.6 Å². The number of benzene rings is 1. The number of aromatic nitrogens is 4. The second kappa shape index (κ2) is 6.46. The zero-order valence-electron chi connectivity index (χ0n) is 15.2. The zero-order valence-corrected chi connectivity index (χ0v) is 15.9. The van der Waals surface area contributed by atoms with Crippen LogP contribution in [0.25, 0.3) is 22.4 Å². The monoisotopic (exact) mass is 382 g/mol. The number of nitrogens with one attached hydrogen (secondary N) is 1. The van der Waals surface area contributed by atoms with E-state index in [2.05, 4.69) is 20.1 Å². The molecule has 2 aliphatic rings. The molecule has 140 valence electrons. The number of H-pyrrole nitrogens is 1. The number of rotatable bonds is 2. The highest BCUT2D eigenvalue weighted by atomic mass is 35.5. The number of piperidine rings is 1. The van der Waals surface area contributed by atoms with E-state index in [1.54, 1.807) is 0 Å². The maximum Gasteiger partial charge on any atom is 0.177 e. The van der Waals surface area contributed by atoms with Crippen LogP contribution in [-0.4, -0.2) is 39.3 Å². The molecule has 27 heavy (non-hydrogen) atoms. The largest absolute Gasteiger partial charge is 0.355 e. The van der Waals surface area contributed by atoms with Crippen LogP contribution in [0.4, 0.5) is 5.82 Å². The fourth-order valence-electron chi connectivity index (χ4n) is 4.75. The molecule has 0 bridgehead atoms. The molecule has 0 unspecified atom stereocenters. The number of anilines is 1. The number of halogens is 1. The van der Waals surface area contributed by atoms with Crippen molar-refractivity contribution in [2.75, 3.05) is 18.0 Å². The maximum absolute atomic E-state index is 6.40. The lowest BCUT2D eigenvalue weighted by atomic mass is 9.74. The number of aromatic amines is 1. The Bertz CT molecular complexity index is 976. The molecule has 1 spiro atoms. The summed E-state index contributed by atoms with van der Waals surface area (Å²) in [6, 6.07) is 8.02. The first-order chi connectivity index (χ1) is 13.2. The van der Waals surface area contributed by atoms with Gasteiger partial charge in [-0.2, -0.15) is 5.10 Å². The van der Waals surface area contributed by atoms with Crippen LogP contribution in [0, 0.1) is 5.41 Å². The molecule has 1 atom stereocenters. The summed E-state index contributed by atoms with van der Waals surface area (Å²) in [5.74, 6) is 0.901. The summed E-state index contributed by atoms with van der Waals surface area (Å²) in [6.45, 7) is 1.97. The highest BCUT2D eigenvalue weighted by Crippen LogP contribution is 2.45. The Hall–Kier alpha value is -2.18. The Morgan fingerprint density at radius 2 is 2.00 bits per heavy atom. The molecule has 0 amide bonds. The van der Waals surface area contributed by atoms with Gasteiger partial charge >= 0.3 is 0 Å². The van der Waals surface area contributed by atoms with E-state index < -0.39 is 0 Å². The summed E-state index contributed by atoms with van der Waals surface area (Å²) < 4.78 is 0. The van der Waals surface area contributed by atoms with Gasteiger partial charge in [0.15, 0.2) is 5.65 Å². The van der Waals surface area contributed by atoms with Gasteiger partial charge in [0.25, 0.3) is 0 Å². The van der Waals surface area contributed by atoms with Gasteiger partial charge in [0.1, 0.15) is 17.0 Å². The van der Waals surface area contributed by atoms with Gasteiger partial charge in [0.2, 0.25) is 0 Å². The molecule has 1 aromatic carbocycles. The van der Waals surface area contributed by atoms with Crippen LogP contribution < -0.4 is 10.6 Å². The Balaban J connectivity index is 1.41. The van der Waals surface area contributed by atoms with Crippen molar-refractivity contribution in [3.63, 3.8) is 0 Å². The first-order valence-electron chi connectivity index (χ1n) is 9.63. The third-order valence-electron chi connectivity index (χ3n) is 6.45. The molecule has 0 radical (unpaired) electrons. The lowest BCUT2D eigenvalue weighted by Crippen LogP contribution is -2.47.